The molecule has 0 radical (unpaired) electrons. The number of nitrogens with zero attached hydrogens (tertiary/aromatic N) is 1. The molecule has 0 aromatic heterocycles. The van der Waals surface area contributed by atoms with Crippen molar-refractivity contribution in [3.05, 3.63) is 24.3 Å². The molecule has 1 aromatic carbocycles. The van der Waals surface area contributed by atoms with Crippen LogP contribution in [0.1, 0.15) is 12.8 Å². The van der Waals surface area contributed by atoms with Crippen molar-refractivity contribution in [3.63, 3.8) is 0 Å². The first-order valence-electron chi connectivity index (χ1n) is 6.97. The third kappa shape index (κ3) is 5.10. The van der Waals surface area contributed by atoms with E-state index in [1.165, 1.54) is 0 Å². The molecule has 0 fully saturated rings. The number of benzene rings is 1. The number of ether oxygens (including phenoxy) is 2. The highest BCUT2D eigenvalue weighted by atomic mass is 35.5. The highest BCUT2D eigenvalue weighted by Gasteiger charge is 2.23. The number of para-hydroxylation sites is 2. The van der Waals surface area contributed by atoms with Crippen molar-refractivity contribution in [1.82, 2.24) is 10.2 Å². The van der Waals surface area contributed by atoms with Crippen LogP contribution in [0.15, 0.2) is 24.3 Å². The van der Waals surface area contributed by atoms with Crippen LogP contribution in [-0.2, 0) is 4.79 Å². The minimum Gasteiger partial charge on any atom is -0.486 e. The lowest BCUT2D eigenvalue weighted by Crippen LogP contribution is -2.41. The van der Waals surface area contributed by atoms with Gasteiger partial charge in [-0.15, -0.1) is 12.4 Å². The molecule has 0 saturated carbocycles. The number of halogens is 1. The minimum atomic E-state index is -0.108. The second-order valence-electron chi connectivity index (χ2n) is 4.98. The Balaban J connectivity index is 0.00000220. The summed E-state index contributed by atoms with van der Waals surface area (Å²) in [5.41, 5.74) is 0. The minimum absolute atomic E-state index is 0. The van der Waals surface area contributed by atoms with E-state index in [2.05, 4.69) is 5.32 Å². The first kappa shape index (κ1) is 17.6. The summed E-state index contributed by atoms with van der Waals surface area (Å²) >= 11 is 0. The van der Waals surface area contributed by atoms with Gasteiger partial charge in [-0.05, 0) is 32.1 Å². The number of nitrogens with one attached hydrogen (secondary N) is 1. The summed E-state index contributed by atoms with van der Waals surface area (Å²) in [4.78, 5) is 13.7. The summed E-state index contributed by atoms with van der Waals surface area (Å²) in [5, 5.41) is 3.04. The summed E-state index contributed by atoms with van der Waals surface area (Å²) < 4.78 is 11.5. The van der Waals surface area contributed by atoms with Crippen LogP contribution >= 0.6 is 12.4 Å². The first-order valence-corrected chi connectivity index (χ1v) is 6.97. The fraction of sp³-hybridized carbons (Fsp3) is 0.533. The molecule has 1 unspecified atom stereocenters. The van der Waals surface area contributed by atoms with Crippen molar-refractivity contribution in [1.29, 1.82) is 0 Å². The Morgan fingerprint density at radius 3 is 2.81 bits per heavy atom. The number of hydrogen-bond acceptors (Lipinski definition) is 4. The van der Waals surface area contributed by atoms with E-state index in [0.29, 0.717) is 19.6 Å². The van der Waals surface area contributed by atoms with Crippen molar-refractivity contribution in [3.8, 4) is 11.5 Å². The molecule has 1 aliphatic heterocycles. The molecule has 6 heteroatoms. The molecule has 118 valence electrons. The van der Waals surface area contributed by atoms with E-state index >= 15 is 0 Å². The summed E-state index contributed by atoms with van der Waals surface area (Å²) in [5.74, 6) is 1.66. The number of fused-ring (bicyclic) bond motifs is 1. The van der Waals surface area contributed by atoms with Gasteiger partial charge in [-0.1, -0.05) is 12.1 Å². The number of carbonyl (C=O) groups is 1. The monoisotopic (exact) mass is 314 g/mol. The zero-order valence-corrected chi connectivity index (χ0v) is 13.3. The van der Waals surface area contributed by atoms with Gasteiger partial charge in [-0.2, -0.15) is 0 Å². The molecule has 0 saturated heterocycles. The molecule has 0 spiro atoms. The SMILES string of the molecule is CNCCCC(=O)N(C)CC1COc2ccccc2O1.Cl. The average molecular weight is 315 g/mol. The van der Waals surface area contributed by atoms with Gasteiger partial charge in [0.05, 0.1) is 6.54 Å². The third-order valence-electron chi connectivity index (χ3n) is 3.29. The number of rotatable bonds is 6. The van der Waals surface area contributed by atoms with Crippen molar-refractivity contribution < 1.29 is 14.3 Å². The molecule has 1 amide bonds. The molecular weight excluding hydrogens is 292 g/mol. The Labute approximate surface area is 132 Å². The molecule has 1 atom stereocenters. The van der Waals surface area contributed by atoms with Crippen LogP contribution in [0, 0.1) is 0 Å². The van der Waals surface area contributed by atoms with Crippen LogP contribution in [-0.4, -0.2) is 50.7 Å². The normalized spacial score (nSPS) is 16.0. The zero-order chi connectivity index (χ0) is 14.4. The molecule has 1 aromatic rings. The molecule has 21 heavy (non-hydrogen) atoms. The first-order chi connectivity index (χ1) is 9.70. The van der Waals surface area contributed by atoms with Crippen molar-refractivity contribution in [2.75, 3.05) is 33.8 Å². The lowest BCUT2D eigenvalue weighted by Gasteiger charge is -2.29. The predicted molar refractivity (Wildman–Crippen MR) is 84.4 cm³/mol. The van der Waals surface area contributed by atoms with E-state index in [1.807, 2.05) is 38.4 Å². The number of likely N-dealkylation sites (N-methyl/N-ethyl adjacent to an activating group) is 1. The van der Waals surface area contributed by atoms with Gasteiger partial charge in [-0.25, -0.2) is 0 Å². The Morgan fingerprint density at radius 2 is 2.10 bits per heavy atom. The Kier molecular flexibility index (Phi) is 7.32. The highest BCUT2D eigenvalue weighted by molar-refractivity contribution is 5.85. The summed E-state index contributed by atoms with van der Waals surface area (Å²) in [6.07, 6.45) is 1.30. The number of amides is 1. The van der Waals surface area contributed by atoms with Crippen LogP contribution in [0.3, 0.4) is 0 Å². The standard InChI is InChI=1S/C15H22N2O3.ClH/c1-16-9-5-8-15(18)17(2)10-12-11-19-13-6-3-4-7-14(13)20-12;/h3-4,6-7,12,16H,5,8-11H2,1-2H3;1H. The number of hydrogen-bond donors (Lipinski definition) is 1. The quantitative estimate of drug-likeness (QED) is 0.812. The lowest BCUT2D eigenvalue weighted by atomic mass is 10.2. The Bertz CT molecular complexity index is 456. The largest absolute Gasteiger partial charge is 0.486 e. The summed E-state index contributed by atoms with van der Waals surface area (Å²) in [6.45, 7) is 1.88. The Hall–Kier alpha value is -1.46. The molecule has 0 bridgehead atoms. The predicted octanol–water partition coefficient (Wildman–Crippen LogP) is 1.71. The van der Waals surface area contributed by atoms with Crippen molar-refractivity contribution in [2.24, 2.45) is 0 Å². The van der Waals surface area contributed by atoms with E-state index in [1.54, 1.807) is 4.90 Å². The van der Waals surface area contributed by atoms with E-state index in [0.717, 1.165) is 24.5 Å². The van der Waals surface area contributed by atoms with Gasteiger partial charge in [0.1, 0.15) is 6.61 Å². The van der Waals surface area contributed by atoms with Crippen LogP contribution < -0.4 is 14.8 Å². The van der Waals surface area contributed by atoms with Crippen LogP contribution in [0.5, 0.6) is 11.5 Å². The van der Waals surface area contributed by atoms with Crippen LogP contribution in [0.2, 0.25) is 0 Å². The smallest absolute Gasteiger partial charge is 0.222 e. The van der Waals surface area contributed by atoms with Crippen LogP contribution in [0.4, 0.5) is 0 Å². The third-order valence-corrected chi connectivity index (χ3v) is 3.29. The van der Waals surface area contributed by atoms with Crippen molar-refractivity contribution in [2.45, 2.75) is 18.9 Å². The molecular formula is C15H23ClN2O3. The van der Waals surface area contributed by atoms with Gasteiger partial charge in [-0.3, -0.25) is 4.79 Å². The second kappa shape index (κ2) is 8.74. The molecule has 1 N–H and O–H groups in total. The van der Waals surface area contributed by atoms with Crippen molar-refractivity contribution >= 4 is 18.3 Å². The maximum Gasteiger partial charge on any atom is 0.222 e. The Morgan fingerprint density at radius 1 is 1.38 bits per heavy atom. The maximum atomic E-state index is 11.9. The van der Waals surface area contributed by atoms with E-state index in [9.17, 15) is 4.79 Å². The molecule has 1 heterocycles. The average Bonchev–Trinajstić information content (AvgIpc) is 2.47. The molecule has 2 rings (SSSR count). The van der Waals surface area contributed by atoms with Gasteiger partial charge in [0.2, 0.25) is 5.91 Å². The molecule has 0 aliphatic carbocycles. The molecule has 1 aliphatic rings. The summed E-state index contributed by atoms with van der Waals surface area (Å²) in [6, 6.07) is 7.60. The van der Waals surface area contributed by atoms with Crippen LogP contribution in [0.25, 0.3) is 0 Å². The van der Waals surface area contributed by atoms with E-state index < -0.39 is 0 Å². The number of carbonyl (C=O) groups excluding carboxylic acids is 1. The van der Waals surface area contributed by atoms with Gasteiger partial charge < -0.3 is 19.7 Å². The van der Waals surface area contributed by atoms with E-state index in [-0.39, 0.29) is 24.4 Å². The second-order valence-corrected chi connectivity index (χ2v) is 4.98. The molecule has 5 nitrogen and oxygen atoms in total. The summed E-state index contributed by atoms with van der Waals surface area (Å²) in [7, 11) is 3.70. The maximum absolute atomic E-state index is 11.9. The van der Waals surface area contributed by atoms with Gasteiger partial charge in [0.25, 0.3) is 0 Å². The van der Waals surface area contributed by atoms with Gasteiger partial charge >= 0.3 is 0 Å². The highest BCUT2D eigenvalue weighted by Crippen LogP contribution is 2.30. The fourth-order valence-electron chi connectivity index (χ4n) is 2.17. The topological polar surface area (TPSA) is 50.8 Å². The fourth-order valence-corrected chi connectivity index (χ4v) is 2.17. The van der Waals surface area contributed by atoms with E-state index in [4.69, 9.17) is 9.47 Å². The van der Waals surface area contributed by atoms with Gasteiger partial charge in [0, 0.05) is 13.5 Å². The van der Waals surface area contributed by atoms with Gasteiger partial charge in [0.15, 0.2) is 17.6 Å². The zero-order valence-electron chi connectivity index (χ0n) is 12.5. The lowest BCUT2D eigenvalue weighted by molar-refractivity contribution is -0.131.